The van der Waals surface area contributed by atoms with Crippen LogP contribution in [0.1, 0.15) is 11.3 Å². The van der Waals surface area contributed by atoms with E-state index < -0.39 is 12.0 Å². The molecule has 4 nitrogen and oxygen atoms in total. The molecule has 6 heteroatoms. The van der Waals surface area contributed by atoms with Crippen LogP contribution in [0.3, 0.4) is 0 Å². The lowest BCUT2D eigenvalue weighted by Gasteiger charge is -2.06. The monoisotopic (exact) mass is 262 g/mol. The number of carboxylic acid groups (broad SMARTS) is 1. The smallest absolute Gasteiger partial charge is 0.320 e. The highest BCUT2D eigenvalue weighted by atomic mass is 35.5. The largest absolute Gasteiger partial charge is 0.480 e. The molecule has 0 radical (unpaired) electrons. The van der Waals surface area contributed by atoms with Crippen LogP contribution in [-0.4, -0.2) is 30.2 Å². The number of rotatable bonds is 7. The number of thiophene rings is 1. The van der Waals surface area contributed by atoms with Gasteiger partial charge in [-0.2, -0.15) is 0 Å². The lowest BCUT2D eigenvalue weighted by molar-refractivity contribution is -0.138. The topological polar surface area (TPSA) is 75.3 Å². The summed E-state index contributed by atoms with van der Waals surface area (Å²) >= 11 is 7.36. The van der Waals surface area contributed by atoms with Crippen molar-refractivity contribution in [2.75, 3.05) is 13.1 Å². The molecule has 90 valence electrons. The van der Waals surface area contributed by atoms with Gasteiger partial charge in [-0.3, -0.25) is 4.79 Å². The van der Waals surface area contributed by atoms with Crippen LogP contribution < -0.4 is 11.1 Å². The zero-order valence-corrected chi connectivity index (χ0v) is 10.4. The van der Waals surface area contributed by atoms with E-state index in [1.54, 1.807) is 11.3 Å². The molecule has 0 saturated carbocycles. The van der Waals surface area contributed by atoms with Crippen LogP contribution in [0, 0.1) is 0 Å². The Labute approximate surface area is 103 Å². The van der Waals surface area contributed by atoms with Gasteiger partial charge in [0.25, 0.3) is 0 Å². The van der Waals surface area contributed by atoms with Crippen LogP contribution in [0.15, 0.2) is 12.1 Å². The van der Waals surface area contributed by atoms with Gasteiger partial charge in [0, 0.05) is 4.88 Å². The minimum Gasteiger partial charge on any atom is -0.480 e. The summed E-state index contributed by atoms with van der Waals surface area (Å²) < 4.78 is 0.794. The first-order chi connectivity index (χ1) is 7.59. The molecule has 1 unspecified atom stereocenters. The summed E-state index contributed by atoms with van der Waals surface area (Å²) in [5, 5.41) is 11.7. The molecule has 4 N–H and O–H groups in total. The Kier molecular flexibility index (Phi) is 5.76. The number of hydrogen-bond donors (Lipinski definition) is 3. The highest BCUT2D eigenvalue weighted by Crippen LogP contribution is 2.21. The quantitative estimate of drug-likeness (QED) is 0.648. The number of nitrogens with one attached hydrogen (secondary N) is 1. The molecule has 1 atom stereocenters. The SMILES string of the molecule is NC(CCNCCc1ccc(Cl)s1)C(=O)O. The van der Waals surface area contributed by atoms with E-state index in [0.717, 1.165) is 17.3 Å². The maximum Gasteiger partial charge on any atom is 0.320 e. The van der Waals surface area contributed by atoms with Crippen LogP contribution in [0.4, 0.5) is 0 Å². The molecular weight excluding hydrogens is 248 g/mol. The van der Waals surface area contributed by atoms with Crippen molar-refractivity contribution in [2.45, 2.75) is 18.9 Å². The van der Waals surface area contributed by atoms with Crippen molar-refractivity contribution in [3.05, 3.63) is 21.3 Å². The molecule has 0 aromatic carbocycles. The molecule has 0 saturated heterocycles. The van der Waals surface area contributed by atoms with Gasteiger partial charge in [0.15, 0.2) is 0 Å². The number of carbonyl (C=O) groups is 1. The molecule has 1 aromatic rings. The fourth-order valence-electron chi connectivity index (χ4n) is 1.20. The van der Waals surface area contributed by atoms with Gasteiger partial charge in [-0.25, -0.2) is 0 Å². The second-order valence-corrected chi connectivity index (χ2v) is 5.24. The Balaban J connectivity index is 2.06. The maximum atomic E-state index is 10.4. The lowest BCUT2D eigenvalue weighted by atomic mass is 10.2. The number of aliphatic carboxylic acids is 1. The molecule has 1 rings (SSSR count). The minimum absolute atomic E-state index is 0.445. The van der Waals surface area contributed by atoms with Gasteiger partial charge in [-0.15, -0.1) is 11.3 Å². The number of nitrogens with two attached hydrogens (primary N) is 1. The highest BCUT2D eigenvalue weighted by Gasteiger charge is 2.09. The lowest BCUT2D eigenvalue weighted by Crippen LogP contribution is -2.34. The zero-order valence-electron chi connectivity index (χ0n) is 8.78. The van der Waals surface area contributed by atoms with E-state index in [2.05, 4.69) is 5.32 Å². The Morgan fingerprint density at radius 1 is 1.56 bits per heavy atom. The first-order valence-corrected chi connectivity index (χ1v) is 6.22. The van der Waals surface area contributed by atoms with Crippen molar-refractivity contribution in [3.8, 4) is 0 Å². The minimum atomic E-state index is -0.952. The molecule has 1 heterocycles. The Morgan fingerprint density at radius 2 is 2.31 bits per heavy atom. The second-order valence-electron chi connectivity index (χ2n) is 3.44. The van der Waals surface area contributed by atoms with Gasteiger partial charge in [0.2, 0.25) is 0 Å². The molecule has 16 heavy (non-hydrogen) atoms. The maximum absolute atomic E-state index is 10.4. The molecule has 1 aromatic heterocycles. The summed E-state index contributed by atoms with van der Waals surface area (Å²) in [7, 11) is 0. The van der Waals surface area contributed by atoms with E-state index in [1.165, 1.54) is 4.88 Å². The van der Waals surface area contributed by atoms with Gasteiger partial charge in [0.1, 0.15) is 6.04 Å². The molecule has 0 aliphatic heterocycles. The average molecular weight is 263 g/mol. The van der Waals surface area contributed by atoms with Crippen LogP contribution in [0.2, 0.25) is 4.34 Å². The van der Waals surface area contributed by atoms with E-state index in [9.17, 15) is 4.79 Å². The van der Waals surface area contributed by atoms with E-state index in [1.807, 2.05) is 12.1 Å². The van der Waals surface area contributed by atoms with Crippen LogP contribution in [0.5, 0.6) is 0 Å². The fraction of sp³-hybridized carbons (Fsp3) is 0.500. The van der Waals surface area contributed by atoms with Gasteiger partial charge in [-0.05, 0) is 38.1 Å². The van der Waals surface area contributed by atoms with Crippen LogP contribution in [-0.2, 0) is 11.2 Å². The average Bonchev–Trinajstić information content (AvgIpc) is 2.63. The first kappa shape index (κ1) is 13.4. The third-order valence-electron chi connectivity index (χ3n) is 2.13. The molecule has 0 spiro atoms. The number of halogens is 1. The summed E-state index contributed by atoms with van der Waals surface area (Å²) in [4.78, 5) is 11.6. The molecule has 0 bridgehead atoms. The zero-order chi connectivity index (χ0) is 12.0. The Hall–Kier alpha value is -0.620. The predicted molar refractivity (Wildman–Crippen MR) is 66.1 cm³/mol. The standard InChI is InChI=1S/C10H15ClN2O2S/c11-9-2-1-7(16-9)3-5-13-6-4-8(12)10(14)15/h1-2,8,13H,3-6,12H2,(H,14,15). The third kappa shape index (κ3) is 4.94. The van der Waals surface area contributed by atoms with Gasteiger partial charge >= 0.3 is 5.97 Å². The molecule has 0 aliphatic rings. The summed E-state index contributed by atoms with van der Waals surface area (Å²) in [5.74, 6) is -0.952. The van der Waals surface area contributed by atoms with Gasteiger partial charge in [-0.1, -0.05) is 11.6 Å². The van der Waals surface area contributed by atoms with E-state index in [0.29, 0.717) is 13.0 Å². The fourth-order valence-corrected chi connectivity index (χ4v) is 2.29. The van der Waals surface area contributed by atoms with Crippen LogP contribution >= 0.6 is 22.9 Å². The third-order valence-corrected chi connectivity index (χ3v) is 3.42. The normalized spacial score (nSPS) is 12.6. The van der Waals surface area contributed by atoms with Crippen molar-refractivity contribution in [3.63, 3.8) is 0 Å². The molecule has 0 fully saturated rings. The second kappa shape index (κ2) is 6.85. The predicted octanol–water partition coefficient (Wildman–Crippen LogP) is 1.34. The van der Waals surface area contributed by atoms with E-state index >= 15 is 0 Å². The summed E-state index contributed by atoms with van der Waals surface area (Å²) in [5.41, 5.74) is 5.36. The van der Waals surface area contributed by atoms with Crippen molar-refractivity contribution >= 4 is 28.9 Å². The molecule has 0 aliphatic carbocycles. The van der Waals surface area contributed by atoms with Crippen LogP contribution in [0.25, 0.3) is 0 Å². The molecule has 0 amide bonds. The summed E-state index contributed by atoms with van der Waals surface area (Å²) in [6.07, 6.45) is 1.35. The molecular formula is C10H15ClN2O2S. The van der Waals surface area contributed by atoms with E-state index in [4.69, 9.17) is 22.4 Å². The Morgan fingerprint density at radius 3 is 2.88 bits per heavy atom. The van der Waals surface area contributed by atoms with Crippen molar-refractivity contribution < 1.29 is 9.90 Å². The Bertz CT molecular complexity index is 343. The number of carboxylic acids is 1. The van der Waals surface area contributed by atoms with Gasteiger partial charge in [0.05, 0.1) is 4.34 Å². The summed E-state index contributed by atoms with van der Waals surface area (Å²) in [6.45, 7) is 1.43. The summed E-state index contributed by atoms with van der Waals surface area (Å²) in [6, 6.07) is 3.10. The van der Waals surface area contributed by atoms with Crippen molar-refractivity contribution in [1.82, 2.24) is 5.32 Å². The number of hydrogen-bond acceptors (Lipinski definition) is 4. The van der Waals surface area contributed by atoms with Crippen molar-refractivity contribution in [2.24, 2.45) is 5.73 Å². The first-order valence-electron chi connectivity index (χ1n) is 5.03. The van der Waals surface area contributed by atoms with E-state index in [-0.39, 0.29) is 0 Å². The van der Waals surface area contributed by atoms with Crippen molar-refractivity contribution in [1.29, 1.82) is 0 Å². The van der Waals surface area contributed by atoms with Gasteiger partial charge < -0.3 is 16.2 Å². The highest BCUT2D eigenvalue weighted by molar-refractivity contribution is 7.16.